The Morgan fingerprint density at radius 2 is 1.90 bits per heavy atom. The van der Waals surface area contributed by atoms with E-state index in [0.717, 1.165) is 20.9 Å². The average molecular weight is 424 g/mol. The van der Waals surface area contributed by atoms with Gasteiger partial charge in [-0.25, -0.2) is 9.36 Å². The van der Waals surface area contributed by atoms with Gasteiger partial charge in [0.25, 0.3) is 11.6 Å². The van der Waals surface area contributed by atoms with E-state index >= 15 is 0 Å². The number of benzene rings is 1. The van der Waals surface area contributed by atoms with Crippen molar-refractivity contribution in [2.75, 3.05) is 13.2 Å². The summed E-state index contributed by atoms with van der Waals surface area (Å²) < 4.78 is 46.1. The van der Waals surface area contributed by atoms with Crippen LogP contribution in [-0.2, 0) is 13.6 Å². The van der Waals surface area contributed by atoms with Crippen molar-refractivity contribution in [1.82, 2.24) is 18.7 Å². The van der Waals surface area contributed by atoms with Crippen LogP contribution in [0.3, 0.4) is 0 Å². The zero-order chi connectivity index (χ0) is 21.9. The molecule has 3 aromatic rings. The van der Waals surface area contributed by atoms with Crippen LogP contribution < -0.4 is 16.0 Å². The molecule has 3 rings (SSSR count). The van der Waals surface area contributed by atoms with Crippen LogP contribution in [0.1, 0.15) is 12.0 Å². The molecule has 0 aliphatic carbocycles. The maximum absolute atomic E-state index is 13.0. The molecule has 0 saturated carbocycles. The van der Waals surface area contributed by atoms with Crippen molar-refractivity contribution in [3.05, 3.63) is 62.8 Å². The van der Waals surface area contributed by atoms with E-state index in [4.69, 9.17) is 9.84 Å². The van der Waals surface area contributed by atoms with Crippen molar-refractivity contribution in [2.24, 2.45) is 7.05 Å². The van der Waals surface area contributed by atoms with Crippen LogP contribution in [0.4, 0.5) is 13.2 Å². The summed E-state index contributed by atoms with van der Waals surface area (Å²) in [5.41, 5.74) is -0.722. The Morgan fingerprint density at radius 3 is 2.53 bits per heavy atom. The van der Waals surface area contributed by atoms with Gasteiger partial charge in [-0.2, -0.15) is 18.2 Å². The van der Waals surface area contributed by atoms with E-state index < -0.39 is 30.5 Å². The van der Waals surface area contributed by atoms with Crippen molar-refractivity contribution in [3.63, 3.8) is 0 Å². The van der Waals surface area contributed by atoms with E-state index in [0.29, 0.717) is 0 Å². The summed E-state index contributed by atoms with van der Waals surface area (Å²) in [5.74, 6) is 0. The third-order valence-corrected chi connectivity index (χ3v) is 4.31. The quantitative estimate of drug-likeness (QED) is 0.624. The number of aromatic nitrogens is 4. The number of aryl methyl sites for hydroxylation is 1. The number of rotatable bonds is 7. The van der Waals surface area contributed by atoms with Gasteiger partial charge in [0.1, 0.15) is 6.61 Å². The van der Waals surface area contributed by atoms with E-state index in [1.54, 1.807) is 30.3 Å². The van der Waals surface area contributed by atoms with Gasteiger partial charge < -0.3 is 9.84 Å². The van der Waals surface area contributed by atoms with Crippen LogP contribution >= 0.6 is 0 Å². The van der Waals surface area contributed by atoms with Gasteiger partial charge in [-0.15, -0.1) is 0 Å². The molecule has 1 N–H and O–H groups in total. The molecular weight excluding hydrogens is 405 g/mol. The van der Waals surface area contributed by atoms with Gasteiger partial charge in [0.15, 0.2) is 11.2 Å². The molecule has 11 heteroatoms. The largest absolute Gasteiger partial charge is 0.464 e. The molecule has 1 aromatic carbocycles. The van der Waals surface area contributed by atoms with Crippen LogP contribution in [0.25, 0.3) is 17.4 Å². The maximum Gasteiger partial charge on any atom is 0.392 e. The molecule has 0 radical (unpaired) electrons. The molecule has 0 bridgehead atoms. The zero-order valence-corrected chi connectivity index (χ0v) is 16.0. The third-order valence-electron chi connectivity index (χ3n) is 4.31. The lowest BCUT2D eigenvalue weighted by Crippen LogP contribution is -2.37. The number of halogens is 3. The van der Waals surface area contributed by atoms with Crippen molar-refractivity contribution in [1.29, 1.82) is 0 Å². The minimum atomic E-state index is -4.41. The normalized spacial score (nSPS) is 12.2. The van der Waals surface area contributed by atoms with Crippen molar-refractivity contribution in [3.8, 4) is 6.01 Å². The van der Waals surface area contributed by atoms with E-state index in [1.165, 1.54) is 17.7 Å². The van der Waals surface area contributed by atoms with Crippen LogP contribution in [0.5, 0.6) is 6.01 Å². The molecule has 0 amide bonds. The number of imidazole rings is 1. The predicted octanol–water partition coefficient (Wildman–Crippen LogP) is 1.74. The third kappa shape index (κ3) is 4.46. The van der Waals surface area contributed by atoms with Crippen molar-refractivity contribution < 1.29 is 23.0 Å². The highest BCUT2D eigenvalue weighted by Gasteiger charge is 2.28. The fraction of sp³-hybridized carbons (Fsp3) is 0.316. The minimum Gasteiger partial charge on any atom is -0.464 e. The summed E-state index contributed by atoms with van der Waals surface area (Å²) in [7, 11) is 1.38. The molecule has 0 atom stereocenters. The Bertz CT molecular complexity index is 1180. The van der Waals surface area contributed by atoms with E-state index in [1.807, 2.05) is 0 Å². The number of hydrogen-bond donors (Lipinski definition) is 1. The lowest BCUT2D eigenvalue weighted by Gasteiger charge is -2.11. The highest BCUT2D eigenvalue weighted by Crippen LogP contribution is 2.23. The molecule has 0 unspecified atom stereocenters. The second-order valence-corrected chi connectivity index (χ2v) is 6.44. The summed E-state index contributed by atoms with van der Waals surface area (Å²) in [5, 5.41) is 8.97. The zero-order valence-electron chi connectivity index (χ0n) is 16.0. The van der Waals surface area contributed by atoms with Gasteiger partial charge in [0.2, 0.25) is 0 Å². The minimum absolute atomic E-state index is 0.00875. The summed E-state index contributed by atoms with van der Waals surface area (Å²) >= 11 is 0. The van der Waals surface area contributed by atoms with Gasteiger partial charge in [0, 0.05) is 13.2 Å². The molecular formula is C19H19F3N4O4. The van der Waals surface area contributed by atoms with Crippen LogP contribution in [0, 0.1) is 0 Å². The average Bonchev–Trinajstić information content (AvgIpc) is 3.05. The molecule has 30 heavy (non-hydrogen) atoms. The lowest BCUT2D eigenvalue weighted by atomic mass is 10.2. The number of hydrogen-bond acceptors (Lipinski definition) is 5. The Hall–Kier alpha value is -3.34. The summed E-state index contributed by atoms with van der Waals surface area (Å²) in [6.45, 7) is -0.979. The molecule has 0 fully saturated rings. The molecule has 160 valence electrons. The monoisotopic (exact) mass is 424 g/mol. The van der Waals surface area contributed by atoms with Crippen LogP contribution in [-0.4, -0.2) is 43.2 Å². The number of alkyl halides is 3. The number of nitrogens with zero attached hydrogens (tertiary/aromatic N) is 4. The molecule has 2 heterocycles. The molecule has 0 saturated heterocycles. The Labute approximate surface area is 168 Å². The number of ether oxygens (including phenoxy) is 1. The second kappa shape index (κ2) is 8.57. The SMILES string of the molecule is Cn1c(=O)n(/C=C/CO)c(=O)c2c1nc(OCCC(F)(F)F)n2Cc1ccccc1. The van der Waals surface area contributed by atoms with Gasteiger partial charge in [0.05, 0.1) is 19.6 Å². The smallest absolute Gasteiger partial charge is 0.392 e. The maximum atomic E-state index is 13.0. The fourth-order valence-corrected chi connectivity index (χ4v) is 2.88. The first-order valence-electron chi connectivity index (χ1n) is 8.95. The fourth-order valence-electron chi connectivity index (χ4n) is 2.88. The number of aliphatic hydroxyl groups is 1. The van der Waals surface area contributed by atoms with E-state index in [2.05, 4.69) is 4.98 Å². The van der Waals surface area contributed by atoms with Crippen molar-refractivity contribution in [2.45, 2.75) is 19.1 Å². The summed E-state index contributed by atoms with van der Waals surface area (Å²) in [4.78, 5) is 29.6. The Morgan fingerprint density at radius 1 is 1.20 bits per heavy atom. The van der Waals surface area contributed by atoms with Gasteiger partial charge in [-0.3, -0.25) is 13.9 Å². The second-order valence-electron chi connectivity index (χ2n) is 6.44. The molecule has 2 aromatic heterocycles. The van der Waals surface area contributed by atoms with Gasteiger partial charge in [-0.05, 0) is 11.6 Å². The van der Waals surface area contributed by atoms with E-state index in [-0.39, 0.29) is 30.3 Å². The van der Waals surface area contributed by atoms with Gasteiger partial charge in [-0.1, -0.05) is 30.3 Å². The first kappa shape index (κ1) is 21.4. The molecule has 8 nitrogen and oxygen atoms in total. The Balaban J connectivity index is 2.19. The lowest BCUT2D eigenvalue weighted by molar-refractivity contribution is -0.139. The molecule has 0 spiro atoms. The highest BCUT2D eigenvalue weighted by atomic mass is 19.4. The van der Waals surface area contributed by atoms with Crippen LogP contribution in [0.2, 0.25) is 0 Å². The molecule has 0 aliphatic heterocycles. The molecule has 0 aliphatic rings. The first-order chi connectivity index (χ1) is 14.2. The van der Waals surface area contributed by atoms with Gasteiger partial charge >= 0.3 is 11.9 Å². The predicted molar refractivity (Wildman–Crippen MR) is 103 cm³/mol. The van der Waals surface area contributed by atoms with Crippen molar-refractivity contribution >= 4 is 17.4 Å². The first-order valence-corrected chi connectivity index (χ1v) is 8.95. The topological polar surface area (TPSA) is 91.3 Å². The number of aliphatic hydroxyl groups excluding tert-OH is 1. The highest BCUT2D eigenvalue weighted by molar-refractivity contribution is 5.72. The summed E-state index contributed by atoms with van der Waals surface area (Å²) in [6, 6.07) is 8.70. The van der Waals surface area contributed by atoms with E-state index in [9.17, 15) is 22.8 Å². The Kier molecular flexibility index (Phi) is 6.11. The number of fused-ring (bicyclic) bond motifs is 1. The standard InChI is InChI=1S/C19H19F3N4O4/c1-24-15-14(16(28)25(18(24)29)9-5-10-27)26(12-13-6-3-2-4-7-13)17(23-15)30-11-8-19(20,21)22/h2-7,9,27H,8,10-12H2,1H3/b9-5+. The van der Waals surface area contributed by atoms with Crippen LogP contribution in [0.15, 0.2) is 46.0 Å². The summed E-state index contributed by atoms with van der Waals surface area (Å²) in [6.07, 6.45) is -3.25.